The molecular weight excluding hydrogens is 457 g/mol. The van der Waals surface area contributed by atoms with Crippen LogP contribution in [0.25, 0.3) is 0 Å². The van der Waals surface area contributed by atoms with E-state index in [-0.39, 0.29) is 16.6 Å². The van der Waals surface area contributed by atoms with Crippen molar-refractivity contribution >= 4 is 40.6 Å². The van der Waals surface area contributed by atoms with Gasteiger partial charge in [-0.15, -0.1) is 11.3 Å². The maximum Gasteiger partial charge on any atom is 0.418 e. The maximum absolute atomic E-state index is 13.0. The quantitative estimate of drug-likeness (QED) is 0.496. The molecule has 0 unspecified atom stereocenters. The second-order valence-electron chi connectivity index (χ2n) is 6.37. The lowest BCUT2D eigenvalue weighted by Gasteiger charge is -2.11. The van der Waals surface area contributed by atoms with Crippen LogP contribution in [0.1, 0.15) is 56.2 Å². The first-order chi connectivity index (χ1) is 14.6. The van der Waals surface area contributed by atoms with Crippen molar-refractivity contribution in [2.24, 2.45) is 0 Å². The number of anilines is 1. The molecule has 0 spiro atoms. The van der Waals surface area contributed by atoms with Gasteiger partial charge in [-0.05, 0) is 19.4 Å². The number of nitrogens with zero attached hydrogens (tertiary/aromatic N) is 3. The van der Waals surface area contributed by atoms with Gasteiger partial charge >= 0.3 is 6.18 Å². The molecule has 0 saturated carbocycles. The molecule has 2 amide bonds. The summed E-state index contributed by atoms with van der Waals surface area (Å²) >= 11 is 6.52. The highest BCUT2D eigenvalue weighted by atomic mass is 35.5. The first-order valence-corrected chi connectivity index (χ1v) is 10.1. The van der Waals surface area contributed by atoms with Crippen LogP contribution in [0.3, 0.4) is 0 Å². The fraction of sp³-hybridized carbons (Fsp3) is 0.278. The number of hydrogen-bond acceptors (Lipinski definition) is 6. The smallest absolute Gasteiger partial charge is 0.343 e. The molecular formula is C18H16ClF3N6O2S. The molecule has 0 saturated heterocycles. The average molecular weight is 473 g/mol. The molecule has 3 aromatic rings. The lowest BCUT2D eigenvalue weighted by molar-refractivity contribution is -0.137. The molecule has 3 N–H and O–H groups in total. The van der Waals surface area contributed by atoms with Gasteiger partial charge in [-0.3, -0.25) is 14.7 Å². The van der Waals surface area contributed by atoms with Crippen molar-refractivity contribution in [3.05, 3.63) is 56.4 Å². The Bertz CT molecular complexity index is 1110. The van der Waals surface area contributed by atoms with Crippen molar-refractivity contribution < 1.29 is 22.8 Å². The van der Waals surface area contributed by atoms with Crippen molar-refractivity contribution in [2.75, 3.05) is 5.32 Å². The minimum atomic E-state index is -4.68. The zero-order valence-corrected chi connectivity index (χ0v) is 17.7. The molecule has 31 heavy (non-hydrogen) atoms. The number of halogens is 4. The van der Waals surface area contributed by atoms with Gasteiger partial charge in [-0.1, -0.05) is 18.5 Å². The van der Waals surface area contributed by atoms with E-state index in [1.165, 1.54) is 12.4 Å². The van der Waals surface area contributed by atoms with Gasteiger partial charge in [0.25, 0.3) is 11.8 Å². The fourth-order valence-corrected chi connectivity index (χ4v) is 3.64. The number of nitrogens with one attached hydrogen (secondary N) is 3. The number of hydrogen-bond donors (Lipinski definition) is 3. The summed E-state index contributed by atoms with van der Waals surface area (Å²) < 4.78 is 38.9. The van der Waals surface area contributed by atoms with E-state index in [9.17, 15) is 22.8 Å². The Balaban J connectivity index is 1.69. The fourth-order valence-electron chi connectivity index (χ4n) is 2.61. The number of aryl methyl sites for hydroxylation is 1. The number of H-pyrrole nitrogens is 1. The Morgan fingerprint density at radius 1 is 1.23 bits per heavy atom. The average Bonchev–Trinajstić information content (AvgIpc) is 3.38. The highest BCUT2D eigenvalue weighted by Crippen LogP contribution is 2.35. The molecule has 0 radical (unpaired) electrons. The molecule has 0 aromatic carbocycles. The zero-order chi connectivity index (χ0) is 22.8. The lowest BCUT2D eigenvalue weighted by atomic mass is 10.2. The zero-order valence-electron chi connectivity index (χ0n) is 16.2. The number of alkyl halides is 3. The van der Waals surface area contributed by atoms with Crippen LogP contribution in [0, 0.1) is 0 Å². The van der Waals surface area contributed by atoms with E-state index in [0.717, 1.165) is 17.5 Å². The molecule has 3 rings (SSSR count). The lowest BCUT2D eigenvalue weighted by Crippen LogP contribution is -2.27. The summed E-state index contributed by atoms with van der Waals surface area (Å²) in [6, 6.07) is 0.144. The van der Waals surface area contributed by atoms with Crippen molar-refractivity contribution in [2.45, 2.75) is 32.5 Å². The van der Waals surface area contributed by atoms with E-state index in [1.54, 1.807) is 6.92 Å². The van der Waals surface area contributed by atoms with Crippen LogP contribution in [0.4, 0.5) is 19.0 Å². The van der Waals surface area contributed by atoms with Gasteiger partial charge < -0.3 is 10.6 Å². The molecule has 0 aliphatic rings. The largest absolute Gasteiger partial charge is 0.418 e. The van der Waals surface area contributed by atoms with Crippen molar-refractivity contribution in [1.82, 2.24) is 25.5 Å². The van der Waals surface area contributed by atoms with Gasteiger partial charge in [0.1, 0.15) is 15.7 Å². The minimum Gasteiger partial charge on any atom is -0.343 e. The molecule has 3 aromatic heterocycles. The standard InChI is InChI=1S/C18H16ClF3N6O2S/c1-3-12-9(5-25-28-12)15(29)26-8(2)17-24-7-13(31-17)16(30)27-14-4-10(18(20,21)22)11(19)6-23-14/h4-8H,3H2,1-2H3,(H,25,28)(H,26,29)(H,23,27,30)/t8-/m1/s1. The van der Waals surface area contributed by atoms with Crippen molar-refractivity contribution in [3.63, 3.8) is 0 Å². The van der Waals surface area contributed by atoms with Gasteiger partial charge in [-0.25, -0.2) is 9.97 Å². The summed E-state index contributed by atoms with van der Waals surface area (Å²) in [4.78, 5) is 32.8. The highest BCUT2D eigenvalue weighted by molar-refractivity contribution is 7.13. The molecule has 8 nitrogen and oxygen atoms in total. The third-order valence-electron chi connectivity index (χ3n) is 4.18. The van der Waals surface area contributed by atoms with E-state index in [2.05, 4.69) is 30.8 Å². The van der Waals surface area contributed by atoms with Crippen LogP contribution in [0.15, 0.2) is 24.7 Å². The van der Waals surface area contributed by atoms with E-state index in [0.29, 0.717) is 28.8 Å². The normalized spacial score (nSPS) is 12.5. The second kappa shape index (κ2) is 9.02. The topological polar surface area (TPSA) is 113 Å². The Morgan fingerprint density at radius 3 is 2.65 bits per heavy atom. The van der Waals surface area contributed by atoms with Gasteiger partial charge in [0, 0.05) is 11.9 Å². The summed E-state index contributed by atoms with van der Waals surface area (Å²) in [5, 5.41) is 11.5. The summed E-state index contributed by atoms with van der Waals surface area (Å²) in [7, 11) is 0. The summed E-state index contributed by atoms with van der Waals surface area (Å²) in [5.41, 5.74) is 0.00207. The number of amides is 2. The number of pyridine rings is 1. The molecule has 0 aliphatic carbocycles. The third kappa shape index (κ3) is 5.20. The molecule has 3 heterocycles. The van der Waals surface area contributed by atoms with Crippen LogP contribution in [0.5, 0.6) is 0 Å². The van der Waals surface area contributed by atoms with E-state index in [4.69, 9.17) is 11.6 Å². The second-order valence-corrected chi connectivity index (χ2v) is 7.84. The van der Waals surface area contributed by atoms with Crippen molar-refractivity contribution in [1.29, 1.82) is 0 Å². The number of rotatable bonds is 6. The Morgan fingerprint density at radius 2 is 1.97 bits per heavy atom. The SMILES string of the molecule is CCc1[nH]ncc1C(=O)N[C@H](C)c1ncc(C(=O)Nc2cc(C(F)(F)F)c(Cl)cn2)s1. The monoisotopic (exact) mass is 472 g/mol. The maximum atomic E-state index is 13.0. The number of thiazole rings is 1. The van der Waals surface area contributed by atoms with Gasteiger partial charge in [0.05, 0.1) is 34.6 Å². The molecule has 164 valence electrons. The van der Waals surface area contributed by atoms with Gasteiger partial charge in [-0.2, -0.15) is 18.3 Å². The van der Waals surface area contributed by atoms with Crippen LogP contribution < -0.4 is 10.6 Å². The summed E-state index contributed by atoms with van der Waals surface area (Å²) in [6.07, 6.45) is -0.565. The number of aromatic amines is 1. The molecule has 1 atom stereocenters. The molecule has 13 heteroatoms. The predicted octanol–water partition coefficient (Wildman–Crippen LogP) is 4.24. The van der Waals surface area contributed by atoms with Crippen LogP contribution in [-0.4, -0.2) is 32.0 Å². The number of carbonyl (C=O) groups excluding carboxylic acids is 2. The van der Waals surface area contributed by atoms with E-state index >= 15 is 0 Å². The van der Waals surface area contributed by atoms with E-state index < -0.39 is 28.7 Å². The summed E-state index contributed by atoms with van der Waals surface area (Å²) in [5.74, 6) is -1.33. The van der Waals surface area contributed by atoms with E-state index in [1.807, 2.05) is 6.92 Å². The Kier molecular flexibility index (Phi) is 6.60. The highest BCUT2D eigenvalue weighted by Gasteiger charge is 2.34. The Labute approximate surface area is 183 Å². The molecule has 0 bridgehead atoms. The van der Waals surface area contributed by atoms with Crippen LogP contribution >= 0.6 is 22.9 Å². The third-order valence-corrected chi connectivity index (χ3v) is 5.66. The predicted molar refractivity (Wildman–Crippen MR) is 108 cm³/mol. The molecule has 0 aliphatic heterocycles. The molecule has 0 fully saturated rings. The van der Waals surface area contributed by atoms with Gasteiger partial charge in [0.15, 0.2) is 0 Å². The number of carbonyl (C=O) groups is 2. The summed E-state index contributed by atoms with van der Waals surface area (Å²) in [6.45, 7) is 3.58. The Hall–Kier alpha value is -2.99. The minimum absolute atomic E-state index is 0.138. The first kappa shape index (κ1) is 22.7. The first-order valence-electron chi connectivity index (χ1n) is 8.93. The van der Waals surface area contributed by atoms with Crippen LogP contribution in [0.2, 0.25) is 5.02 Å². The van der Waals surface area contributed by atoms with Gasteiger partial charge in [0.2, 0.25) is 0 Å². The number of aromatic nitrogens is 4. The van der Waals surface area contributed by atoms with Crippen molar-refractivity contribution in [3.8, 4) is 0 Å². The van der Waals surface area contributed by atoms with Crippen LogP contribution in [-0.2, 0) is 12.6 Å².